The molecular weight excluding hydrogens is 719 g/mol. The molecule has 5 nitrogen and oxygen atoms in total. The maximum absolute atomic E-state index is 5.15. The number of hydrogen-bond acceptors (Lipinski definition) is 3. The molecule has 2 aliphatic rings. The second-order valence-corrected chi connectivity index (χ2v) is 16.1. The minimum Gasteiger partial charge on any atom is -0.344 e. The van der Waals surface area contributed by atoms with Gasteiger partial charge in [-0.1, -0.05) is 128 Å². The Labute approximate surface area is 344 Å². The van der Waals surface area contributed by atoms with Crippen molar-refractivity contribution in [3.05, 3.63) is 204 Å². The molecular formula is C54H43N5. The van der Waals surface area contributed by atoms with Gasteiger partial charge in [-0.15, -0.1) is 0 Å². The molecule has 9 aromatic rings. The zero-order valence-corrected chi connectivity index (χ0v) is 33.4. The van der Waals surface area contributed by atoms with Crippen LogP contribution >= 0.6 is 0 Å². The highest BCUT2D eigenvalue weighted by Gasteiger charge is 2.24. The van der Waals surface area contributed by atoms with Gasteiger partial charge in [0, 0.05) is 44.1 Å². The number of aliphatic imine (C=N–C) groups is 2. The highest BCUT2D eigenvalue weighted by Crippen LogP contribution is 2.40. The van der Waals surface area contributed by atoms with Gasteiger partial charge in [0.15, 0.2) is 5.84 Å². The molecule has 2 aromatic heterocycles. The van der Waals surface area contributed by atoms with Crippen molar-refractivity contribution < 1.29 is 0 Å². The lowest BCUT2D eigenvalue weighted by Crippen LogP contribution is -2.34. The van der Waals surface area contributed by atoms with Gasteiger partial charge in [0.2, 0.25) is 0 Å². The molecule has 0 spiro atoms. The van der Waals surface area contributed by atoms with E-state index in [2.05, 4.69) is 193 Å². The third-order valence-corrected chi connectivity index (χ3v) is 12.0. The average molecular weight is 762 g/mol. The van der Waals surface area contributed by atoms with Crippen LogP contribution in [0, 0.1) is 19.8 Å². The summed E-state index contributed by atoms with van der Waals surface area (Å²) in [6.07, 6.45) is 7.50. The molecule has 7 aromatic carbocycles. The van der Waals surface area contributed by atoms with E-state index < -0.39 is 0 Å². The summed E-state index contributed by atoms with van der Waals surface area (Å²) in [7, 11) is 0. The Morgan fingerprint density at radius 3 is 1.97 bits per heavy atom. The molecule has 0 fully saturated rings. The molecule has 0 radical (unpaired) electrons. The van der Waals surface area contributed by atoms with E-state index in [0.717, 1.165) is 40.5 Å². The molecule has 1 aliphatic heterocycles. The van der Waals surface area contributed by atoms with Crippen LogP contribution < -0.4 is 5.32 Å². The number of fused-ring (bicyclic) bond motifs is 6. The highest BCUT2D eigenvalue weighted by molar-refractivity contribution is 6.15. The zero-order valence-electron chi connectivity index (χ0n) is 33.4. The largest absolute Gasteiger partial charge is 0.344 e. The van der Waals surface area contributed by atoms with E-state index in [1.165, 1.54) is 71.6 Å². The van der Waals surface area contributed by atoms with E-state index in [-0.39, 0.29) is 6.17 Å². The fraction of sp³-hybridized carbons (Fsp3) is 0.111. The number of hydrogen-bond donors (Lipinski definition) is 1. The summed E-state index contributed by atoms with van der Waals surface area (Å²) in [5.74, 6) is 2.06. The van der Waals surface area contributed by atoms with Gasteiger partial charge < -0.3 is 14.5 Å². The monoisotopic (exact) mass is 761 g/mol. The number of nitrogens with zero attached hydrogens (tertiary/aromatic N) is 4. The lowest BCUT2D eigenvalue weighted by atomic mass is 9.97. The maximum atomic E-state index is 5.15. The van der Waals surface area contributed by atoms with Crippen molar-refractivity contribution >= 4 is 55.3 Å². The van der Waals surface area contributed by atoms with E-state index in [0.29, 0.717) is 5.92 Å². The molecule has 1 aliphatic carbocycles. The van der Waals surface area contributed by atoms with Crippen LogP contribution in [0.15, 0.2) is 192 Å². The first-order valence-corrected chi connectivity index (χ1v) is 20.6. The summed E-state index contributed by atoms with van der Waals surface area (Å²) in [6, 6.07) is 57.1. The molecule has 0 amide bonds. The number of rotatable bonds is 6. The van der Waals surface area contributed by atoms with E-state index in [4.69, 9.17) is 9.98 Å². The van der Waals surface area contributed by atoms with Gasteiger partial charge in [-0.05, 0) is 109 Å². The van der Waals surface area contributed by atoms with Crippen LogP contribution in [0.2, 0.25) is 0 Å². The number of aryl methyl sites for hydroxylation is 2. The van der Waals surface area contributed by atoms with Gasteiger partial charge in [0.25, 0.3) is 0 Å². The van der Waals surface area contributed by atoms with E-state index in [1.54, 1.807) is 0 Å². The van der Waals surface area contributed by atoms with E-state index >= 15 is 0 Å². The minimum absolute atomic E-state index is 0.276. The van der Waals surface area contributed by atoms with Crippen molar-refractivity contribution in [3.63, 3.8) is 0 Å². The smallest absolute Gasteiger partial charge is 0.159 e. The Kier molecular flexibility index (Phi) is 8.29. The predicted molar refractivity (Wildman–Crippen MR) is 247 cm³/mol. The van der Waals surface area contributed by atoms with Crippen LogP contribution in [0.3, 0.4) is 0 Å². The van der Waals surface area contributed by atoms with Crippen molar-refractivity contribution in [1.29, 1.82) is 0 Å². The fourth-order valence-electron chi connectivity index (χ4n) is 9.27. The van der Waals surface area contributed by atoms with Crippen LogP contribution in [-0.2, 0) is 0 Å². The number of benzene rings is 7. The minimum atomic E-state index is -0.276. The third-order valence-electron chi connectivity index (χ3n) is 12.0. The Morgan fingerprint density at radius 1 is 0.576 bits per heavy atom. The molecule has 11 rings (SSSR count). The van der Waals surface area contributed by atoms with Crippen LogP contribution in [0.4, 0.5) is 0 Å². The van der Waals surface area contributed by atoms with Crippen LogP contribution in [0.1, 0.15) is 41.8 Å². The average Bonchev–Trinajstić information content (AvgIpc) is 3.79. The van der Waals surface area contributed by atoms with E-state index in [1.807, 2.05) is 18.2 Å². The van der Waals surface area contributed by atoms with Gasteiger partial charge in [0.05, 0.1) is 22.1 Å². The summed E-state index contributed by atoms with van der Waals surface area (Å²) in [5.41, 5.74) is 15.3. The number of nitrogens with one attached hydrogen (secondary N) is 1. The SMILES string of the molecule is Cc1cc(C)c2c(c1)c1cc(-c3ccc4c(c3)c3ccccc3n4-c3ccccc3)ccc1n2-c1ccc(C2N=C(c3ccccc3)N=C(C3=CC(C)CC=C3)N2)cc1. The summed E-state index contributed by atoms with van der Waals surface area (Å²) in [4.78, 5) is 10.2. The van der Waals surface area contributed by atoms with Crippen molar-refractivity contribution in [2.24, 2.45) is 15.9 Å². The van der Waals surface area contributed by atoms with Crippen molar-refractivity contribution in [2.45, 2.75) is 33.4 Å². The van der Waals surface area contributed by atoms with Gasteiger partial charge in [0.1, 0.15) is 12.0 Å². The molecule has 5 heteroatoms. The maximum Gasteiger partial charge on any atom is 0.159 e. The van der Waals surface area contributed by atoms with Gasteiger partial charge in [-0.25, -0.2) is 9.98 Å². The molecule has 2 unspecified atom stereocenters. The summed E-state index contributed by atoms with van der Waals surface area (Å²) < 4.78 is 4.81. The van der Waals surface area contributed by atoms with Gasteiger partial charge in [-0.2, -0.15) is 0 Å². The highest BCUT2D eigenvalue weighted by atomic mass is 15.2. The Bertz CT molecular complexity index is 3230. The standard InChI is InChI=1S/C54H43N5/c1-34-13-12-16-41(30-34)54-56-52(37-14-6-4-7-15-37)55-53(57-54)38-21-25-43(26-22-38)59-50-28-24-40(33-46(50)47-31-35(2)29-36(3)51(47)59)39-23-27-49-45(32-39)44-19-10-11-20-48(44)58(49)42-17-8-5-9-18-42/h4-12,14-34,53H,13H2,1-3H3,(H,55,56,57). The van der Waals surface area contributed by atoms with Crippen LogP contribution in [0.5, 0.6) is 0 Å². The molecule has 3 heterocycles. The quantitative estimate of drug-likeness (QED) is 0.180. The Hall–Kier alpha value is -7.24. The second-order valence-electron chi connectivity index (χ2n) is 16.1. The second kappa shape index (κ2) is 14.0. The van der Waals surface area contributed by atoms with Crippen molar-refractivity contribution in [2.75, 3.05) is 0 Å². The number of aromatic nitrogens is 2. The molecule has 2 atom stereocenters. The first-order chi connectivity index (χ1) is 29.0. The molecule has 0 saturated carbocycles. The zero-order chi connectivity index (χ0) is 39.6. The summed E-state index contributed by atoms with van der Waals surface area (Å²) in [6.45, 7) is 6.68. The van der Waals surface area contributed by atoms with Gasteiger partial charge >= 0.3 is 0 Å². The number of para-hydroxylation sites is 2. The lowest BCUT2D eigenvalue weighted by Gasteiger charge is -2.25. The lowest BCUT2D eigenvalue weighted by molar-refractivity contribution is 0.670. The van der Waals surface area contributed by atoms with E-state index in [9.17, 15) is 0 Å². The molecule has 0 saturated heterocycles. The van der Waals surface area contributed by atoms with Crippen LogP contribution in [-0.4, -0.2) is 20.8 Å². The summed E-state index contributed by atoms with van der Waals surface area (Å²) in [5, 5.41) is 8.70. The molecule has 0 bridgehead atoms. The molecule has 1 N–H and O–H groups in total. The Morgan fingerprint density at radius 2 is 1.22 bits per heavy atom. The summed E-state index contributed by atoms with van der Waals surface area (Å²) >= 11 is 0. The molecule has 284 valence electrons. The number of allylic oxidation sites excluding steroid dienone is 2. The Balaban J connectivity index is 1.00. The third kappa shape index (κ3) is 6.01. The first-order valence-electron chi connectivity index (χ1n) is 20.6. The predicted octanol–water partition coefficient (Wildman–Crippen LogP) is 13.1. The van der Waals surface area contributed by atoms with Crippen molar-refractivity contribution in [3.8, 4) is 22.5 Å². The number of amidine groups is 2. The van der Waals surface area contributed by atoms with Gasteiger partial charge in [-0.3, -0.25) is 0 Å². The fourth-order valence-corrected chi connectivity index (χ4v) is 9.27. The molecule has 59 heavy (non-hydrogen) atoms. The van der Waals surface area contributed by atoms with Crippen molar-refractivity contribution in [1.82, 2.24) is 14.5 Å². The first kappa shape index (κ1) is 35.0. The van der Waals surface area contributed by atoms with Crippen LogP contribution in [0.25, 0.3) is 66.1 Å². The normalized spacial score (nSPS) is 16.7. The topological polar surface area (TPSA) is 46.6 Å².